The molecule has 1 amide bonds. The van der Waals surface area contributed by atoms with E-state index < -0.39 is 0 Å². The number of rotatable bonds is 5. The molecule has 0 spiro atoms. The molecule has 22 heavy (non-hydrogen) atoms. The van der Waals surface area contributed by atoms with Crippen molar-refractivity contribution in [3.05, 3.63) is 35.4 Å². The van der Waals surface area contributed by atoms with Crippen LogP contribution in [0, 0.1) is 11.8 Å². The minimum atomic E-state index is -0.0189. The Morgan fingerprint density at radius 3 is 2.50 bits per heavy atom. The SMILES string of the molecule is CC(C)[C@@H](C(=O)N[C@H](C)C1CC1)N1CCc2ccccc2C1. The lowest BCUT2D eigenvalue weighted by Crippen LogP contribution is -2.53. The van der Waals surface area contributed by atoms with Gasteiger partial charge in [-0.3, -0.25) is 9.69 Å². The molecule has 0 unspecified atom stereocenters. The number of amides is 1. The number of nitrogens with zero attached hydrogens (tertiary/aromatic N) is 1. The predicted molar refractivity (Wildman–Crippen MR) is 89.5 cm³/mol. The van der Waals surface area contributed by atoms with Gasteiger partial charge in [0, 0.05) is 19.1 Å². The van der Waals surface area contributed by atoms with Gasteiger partial charge in [0.1, 0.15) is 0 Å². The summed E-state index contributed by atoms with van der Waals surface area (Å²) >= 11 is 0. The summed E-state index contributed by atoms with van der Waals surface area (Å²) in [5.74, 6) is 1.25. The standard InChI is InChI=1S/C19H28N2O/c1-13(2)18(19(22)20-14(3)15-8-9-15)21-11-10-16-6-4-5-7-17(16)12-21/h4-7,13-15,18H,8-12H2,1-3H3,(H,20,22)/t14-,18+/m1/s1. The first-order valence-corrected chi connectivity index (χ1v) is 8.67. The quantitative estimate of drug-likeness (QED) is 0.906. The zero-order valence-electron chi connectivity index (χ0n) is 14.0. The van der Waals surface area contributed by atoms with E-state index in [2.05, 4.69) is 55.3 Å². The van der Waals surface area contributed by atoms with Gasteiger partial charge in [0.25, 0.3) is 0 Å². The molecular weight excluding hydrogens is 272 g/mol. The van der Waals surface area contributed by atoms with Gasteiger partial charge >= 0.3 is 0 Å². The summed E-state index contributed by atoms with van der Waals surface area (Å²) < 4.78 is 0. The molecule has 0 radical (unpaired) electrons. The van der Waals surface area contributed by atoms with Gasteiger partial charge in [-0.05, 0) is 49.1 Å². The minimum Gasteiger partial charge on any atom is -0.352 e. The third kappa shape index (κ3) is 3.35. The van der Waals surface area contributed by atoms with E-state index in [4.69, 9.17) is 0 Å². The smallest absolute Gasteiger partial charge is 0.237 e. The summed E-state index contributed by atoms with van der Waals surface area (Å²) in [6.07, 6.45) is 3.58. The molecule has 1 N–H and O–H groups in total. The minimum absolute atomic E-state index is 0.0189. The molecule has 0 saturated heterocycles. The maximum atomic E-state index is 12.8. The largest absolute Gasteiger partial charge is 0.352 e. The van der Waals surface area contributed by atoms with Crippen LogP contribution >= 0.6 is 0 Å². The van der Waals surface area contributed by atoms with Gasteiger partial charge in [-0.1, -0.05) is 38.1 Å². The first-order valence-electron chi connectivity index (χ1n) is 8.67. The number of fused-ring (bicyclic) bond motifs is 1. The van der Waals surface area contributed by atoms with Crippen LogP contribution in [0.4, 0.5) is 0 Å². The molecule has 120 valence electrons. The highest BCUT2D eigenvalue weighted by Gasteiger charge is 2.34. The molecule has 1 aromatic rings. The fourth-order valence-corrected chi connectivity index (χ4v) is 3.67. The normalized spacial score (nSPS) is 21.3. The van der Waals surface area contributed by atoms with Gasteiger partial charge in [-0.2, -0.15) is 0 Å². The van der Waals surface area contributed by atoms with Crippen molar-refractivity contribution >= 4 is 5.91 Å². The third-order valence-electron chi connectivity index (χ3n) is 5.15. The number of benzene rings is 1. The highest BCUT2D eigenvalue weighted by Crippen LogP contribution is 2.32. The topological polar surface area (TPSA) is 32.3 Å². The van der Waals surface area contributed by atoms with Gasteiger partial charge in [0.15, 0.2) is 0 Å². The second-order valence-electron chi connectivity index (χ2n) is 7.31. The van der Waals surface area contributed by atoms with Crippen molar-refractivity contribution in [3.8, 4) is 0 Å². The third-order valence-corrected chi connectivity index (χ3v) is 5.15. The summed E-state index contributed by atoms with van der Waals surface area (Å²) in [5, 5.41) is 3.26. The van der Waals surface area contributed by atoms with Crippen LogP contribution in [-0.2, 0) is 17.8 Å². The van der Waals surface area contributed by atoms with E-state index in [0.29, 0.717) is 17.9 Å². The molecule has 0 bridgehead atoms. The molecule has 1 saturated carbocycles. The van der Waals surface area contributed by atoms with Crippen LogP contribution in [0.5, 0.6) is 0 Å². The first kappa shape index (κ1) is 15.5. The molecule has 2 aliphatic rings. The monoisotopic (exact) mass is 300 g/mol. The van der Waals surface area contributed by atoms with E-state index in [9.17, 15) is 4.79 Å². The zero-order chi connectivity index (χ0) is 15.7. The summed E-state index contributed by atoms with van der Waals surface area (Å²) in [6, 6.07) is 8.93. The molecule has 3 heteroatoms. The highest BCUT2D eigenvalue weighted by molar-refractivity contribution is 5.82. The number of hydrogen-bond acceptors (Lipinski definition) is 2. The molecule has 1 aliphatic carbocycles. The van der Waals surface area contributed by atoms with Gasteiger partial charge in [-0.25, -0.2) is 0 Å². The fraction of sp³-hybridized carbons (Fsp3) is 0.632. The molecule has 1 aromatic carbocycles. The summed E-state index contributed by atoms with van der Waals surface area (Å²) in [7, 11) is 0. The van der Waals surface area contributed by atoms with E-state index in [-0.39, 0.29) is 11.9 Å². The van der Waals surface area contributed by atoms with Crippen LogP contribution < -0.4 is 5.32 Å². The second kappa shape index (κ2) is 6.41. The van der Waals surface area contributed by atoms with Crippen molar-refractivity contribution in [3.63, 3.8) is 0 Å². The second-order valence-corrected chi connectivity index (χ2v) is 7.31. The number of carbonyl (C=O) groups is 1. The van der Waals surface area contributed by atoms with Crippen LogP contribution in [0.2, 0.25) is 0 Å². The molecule has 1 heterocycles. The van der Waals surface area contributed by atoms with Crippen molar-refractivity contribution in [2.45, 2.75) is 58.7 Å². The summed E-state index contributed by atoms with van der Waals surface area (Å²) in [6.45, 7) is 8.34. The average Bonchev–Trinajstić information content (AvgIpc) is 3.31. The van der Waals surface area contributed by atoms with Crippen LogP contribution in [0.3, 0.4) is 0 Å². The molecule has 1 aliphatic heterocycles. The van der Waals surface area contributed by atoms with E-state index in [1.807, 2.05) is 0 Å². The Morgan fingerprint density at radius 2 is 1.86 bits per heavy atom. The van der Waals surface area contributed by atoms with Crippen LogP contribution in [0.1, 0.15) is 44.7 Å². The van der Waals surface area contributed by atoms with E-state index in [0.717, 1.165) is 19.5 Å². The van der Waals surface area contributed by atoms with Crippen LogP contribution in [0.25, 0.3) is 0 Å². The summed E-state index contributed by atoms with van der Waals surface area (Å²) in [5.41, 5.74) is 2.82. The molecular formula is C19H28N2O. The Hall–Kier alpha value is -1.35. The van der Waals surface area contributed by atoms with Crippen molar-refractivity contribution in [2.75, 3.05) is 6.54 Å². The average molecular weight is 300 g/mol. The van der Waals surface area contributed by atoms with Crippen molar-refractivity contribution < 1.29 is 4.79 Å². The van der Waals surface area contributed by atoms with Crippen LogP contribution in [-0.4, -0.2) is 29.4 Å². The van der Waals surface area contributed by atoms with Crippen LogP contribution in [0.15, 0.2) is 24.3 Å². The Labute approximate surface area is 134 Å². The zero-order valence-corrected chi connectivity index (χ0v) is 14.0. The maximum Gasteiger partial charge on any atom is 0.237 e. The molecule has 3 rings (SSSR count). The number of hydrogen-bond donors (Lipinski definition) is 1. The van der Waals surface area contributed by atoms with E-state index in [1.54, 1.807) is 0 Å². The van der Waals surface area contributed by atoms with E-state index in [1.165, 1.54) is 24.0 Å². The van der Waals surface area contributed by atoms with Gasteiger partial charge in [-0.15, -0.1) is 0 Å². The Morgan fingerprint density at radius 1 is 1.18 bits per heavy atom. The molecule has 2 atom stereocenters. The van der Waals surface area contributed by atoms with Gasteiger partial charge in [0.05, 0.1) is 6.04 Å². The Kier molecular flexibility index (Phi) is 4.53. The van der Waals surface area contributed by atoms with Gasteiger partial charge in [0.2, 0.25) is 5.91 Å². The van der Waals surface area contributed by atoms with Crippen molar-refractivity contribution in [1.29, 1.82) is 0 Å². The molecule has 1 fully saturated rings. The van der Waals surface area contributed by atoms with E-state index >= 15 is 0 Å². The lowest BCUT2D eigenvalue weighted by atomic mass is 9.94. The lowest BCUT2D eigenvalue weighted by Gasteiger charge is -2.37. The predicted octanol–water partition coefficient (Wildman–Crippen LogP) is 2.98. The Bertz CT molecular complexity index is 536. The highest BCUT2D eigenvalue weighted by atomic mass is 16.2. The maximum absolute atomic E-state index is 12.8. The van der Waals surface area contributed by atoms with Crippen molar-refractivity contribution in [2.24, 2.45) is 11.8 Å². The molecule has 0 aromatic heterocycles. The Balaban J connectivity index is 1.70. The number of nitrogens with one attached hydrogen (secondary N) is 1. The summed E-state index contributed by atoms with van der Waals surface area (Å²) in [4.78, 5) is 15.1. The first-order chi connectivity index (χ1) is 10.6. The fourth-order valence-electron chi connectivity index (χ4n) is 3.67. The lowest BCUT2D eigenvalue weighted by molar-refractivity contribution is -0.129. The molecule has 3 nitrogen and oxygen atoms in total. The number of carbonyl (C=O) groups excluding carboxylic acids is 1. The van der Waals surface area contributed by atoms with Gasteiger partial charge < -0.3 is 5.32 Å². The van der Waals surface area contributed by atoms with Crippen molar-refractivity contribution in [1.82, 2.24) is 10.2 Å².